The maximum atomic E-state index is 10.6. The third kappa shape index (κ3) is 4.31. The highest BCUT2D eigenvalue weighted by Crippen LogP contribution is 2.32. The first-order chi connectivity index (χ1) is 12.2. The van der Waals surface area contributed by atoms with Gasteiger partial charge in [-0.25, -0.2) is 0 Å². The van der Waals surface area contributed by atoms with Gasteiger partial charge in [-0.05, 0) is 35.2 Å². The fourth-order valence-electron chi connectivity index (χ4n) is 2.87. The normalized spacial score (nSPS) is 18.1. The molecule has 0 saturated carbocycles. The lowest BCUT2D eigenvalue weighted by atomic mass is 10.00. The van der Waals surface area contributed by atoms with Crippen LogP contribution in [0.5, 0.6) is 11.5 Å². The summed E-state index contributed by atoms with van der Waals surface area (Å²) in [7, 11) is 3.17. The predicted octanol–water partition coefficient (Wildman–Crippen LogP) is 3.09. The highest BCUT2D eigenvalue weighted by Gasteiger charge is 2.16. The summed E-state index contributed by atoms with van der Waals surface area (Å²) in [5.41, 5.74) is 2.65. The molecule has 5 nitrogen and oxygen atoms in total. The van der Waals surface area contributed by atoms with E-state index < -0.39 is 6.10 Å². The summed E-state index contributed by atoms with van der Waals surface area (Å²) in [6.45, 7) is 2.01. The smallest absolute Gasteiger partial charge is 0.161 e. The minimum atomic E-state index is -0.724. The number of aliphatic hydroxyl groups excluding tert-OH is 1. The number of ether oxygens (including phenoxy) is 4. The zero-order valence-corrected chi connectivity index (χ0v) is 14.6. The van der Waals surface area contributed by atoms with Crippen LogP contribution in [0.3, 0.4) is 0 Å². The molecule has 0 amide bonds. The monoisotopic (exact) mass is 344 g/mol. The van der Waals surface area contributed by atoms with E-state index in [2.05, 4.69) is 0 Å². The molecule has 1 fully saturated rings. The Hall–Kier alpha value is -2.08. The molecule has 1 heterocycles. The molecule has 2 aromatic carbocycles. The van der Waals surface area contributed by atoms with Crippen molar-refractivity contribution in [1.29, 1.82) is 0 Å². The van der Waals surface area contributed by atoms with Gasteiger partial charge in [0, 0.05) is 6.61 Å². The van der Waals surface area contributed by atoms with Crippen molar-refractivity contribution < 1.29 is 24.1 Å². The lowest BCUT2D eigenvalue weighted by Crippen LogP contribution is -2.11. The molecular weight excluding hydrogens is 320 g/mol. The van der Waals surface area contributed by atoms with Crippen molar-refractivity contribution in [3.63, 3.8) is 0 Å². The molecule has 0 aromatic heterocycles. The van der Waals surface area contributed by atoms with Crippen molar-refractivity contribution in [2.45, 2.75) is 25.2 Å². The number of hydrogen-bond acceptors (Lipinski definition) is 5. The predicted molar refractivity (Wildman–Crippen MR) is 94.1 cm³/mol. The molecule has 1 saturated heterocycles. The molecule has 5 heteroatoms. The first-order valence-electron chi connectivity index (χ1n) is 8.39. The van der Waals surface area contributed by atoms with E-state index in [0.717, 1.165) is 29.7 Å². The number of methoxy groups -OCH3 is 2. The van der Waals surface area contributed by atoms with Gasteiger partial charge in [-0.15, -0.1) is 0 Å². The van der Waals surface area contributed by atoms with Crippen LogP contribution in [-0.2, 0) is 16.1 Å². The van der Waals surface area contributed by atoms with Crippen LogP contribution in [0.2, 0.25) is 0 Å². The summed E-state index contributed by atoms with van der Waals surface area (Å²) in [6.07, 6.45) is 0.422. The Bertz CT molecular complexity index is 677. The van der Waals surface area contributed by atoms with E-state index in [0.29, 0.717) is 24.7 Å². The van der Waals surface area contributed by atoms with Crippen LogP contribution in [0, 0.1) is 0 Å². The quantitative estimate of drug-likeness (QED) is 0.836. The molecule has 0 aliphatic carbocycles. The Morgan fingerprint density at radius 3 is 2.40 bits per heavy atom. The van der Waals surface area contributed by atoms with Crippen LogP contribution in [0.25, 0.3) is 0 Å². The summed E-state index contributed by atoms with van der Waals surface area (Å²) < 4.78 is 21.6. The van der Waals surface area contributed by atoms with E-state index in [9.17, 15) is 5.11 Å². The zero-order chi connectivity index (χ0) is 17.6. The van der Waals surface area contributed by atoms with Gasteiger partial charge >= 0.3 is 0 Å². The standard InChI is InChI=1S/C20H24O5/c1-22-18-8-7-16(11-19(18)23-2)20(21)15-5-3-14(4-6-15)12-25-17-9-10-24-13-17/h3-8,11,17,20-21H,9-10,12-13H2,1-2H3/t17-,20?/m0/s1. The molecule has 2 atom stereocenters. The van der Waals surface area contributed by atoms with Crippen LogP contribution < -0.4 is 9.47 Å². The Labute approximate surface area is 148 Å². The minimum absolute atomic E-state index is 0.192. The SMILES string of the molecule is COc1ccc(C(O)c2ccc(CO[C@H]3CCOC3)cc2)cc1OC. The maximum Gasteiger partial charge on any atom is 0.161 e. The van der Waals surface area contributed by atoms with E-state index in [1.807, 2.05) is 30.3 Å². The second kappa shape index (κ2) is 8.34. The molecule has 1 unspecified atom stereocenters. The van der Waals surface area contributed by atoms with Crippen molar-refractivity contribution in [3.8, 4) is 11.5 Å². The van der Waals surface area contributed by atoms with Crippen molar-refractivity contribution in [3.05, 3.63) is 59.2 Å². The second-order valence-electron chi connectivity index (χ2n) is 6.06. The molecule has 1 aliphatic rings. The first kappa shape index (κ1) is 17.7. The topological polar surface area (TPSA) is 57.2 Å². The van der Waals surface area contributed by atoms with Crippen molar-refractivity contribution in [2.24, 2.45) is 0 Å². The van der Waals surface area contributed by atoms with Crippen molar-refractivity contribution in [2.75, 3.05) is 27.4 Å². The molecule has 1 N–H and O–H groups in total. The largest absolute Gasteiger partial charge is 0.493 e. The molecule has 2 aromatic rings. The van der Waals surface area contributed by atoms with E-state index in [1.165, 1.54) is 0 Å². The van der Waals surface area contributed by atoms with Crippen LogP contribution in [0.1, 0.15) is 29.2 Å². The van der Waals surface area contributed by atoms with E-state index in [4.69, 9.17) is 18.9 Å². The van der Waals surface area contributed by atoms with Gasteiger partial charge in [0.15, 0.2) is 11.5 Å². The van der Waals surface area contributed by atoms with E-state index in [1.54, 1.807) is 26.4 Å². The van der Waals surface area contributed by atoms with Gasteiger partial charge in [0.1, 0.15) is 6.10 Å². The highest BCUT2D eigenvalue weighted by molar-refractivity contribution is 5.45. The van der Waals surface area contributed by atoms with Crippen LogP contribution >= 0.6 is 0 Å². The number of hydrogen-bond donors (Lipinski definition) is 1. The Morgan fingerprint density at radius 2 is 1.76 bits per heavy atom. The summed E-state index contributed by atoms with van der Waals surface area (Å²) >= 11 is 0. The summed E-state index contributed by atoms with van der Waals surface area (Å²) in [6, 6.07) is 13.2. The van der Waals surface area contributed by atoms with Gasteiger partial charge in [0.05, 0.1) is 33.5 Å². The van der Waals surface area contributed by atoms with Gasteiger partial charge in [-0.1, -0.05) is 30.3 Å². The van der Waals surface area contributed by atoms with E-state index in [-0.39, 0.29) is 6.10 Å². The molecular formula is C20H24O5. The number of rotatable bonds is 7. The van der Waals surface area contributed by atoms with Gasteiger partial charge in [0.25, 0.3) is 0 Å². The fraction of sp³-hybridized carbons (Fsp3) is 0.400. The minimum Gasteiger partial charge on any atom is -0.493 e. The lowest BCUT2D eigenvalue weighted by molar-refractivity contribution is 0.0317. The Morgan fingerprint density at radius 1 is 1.04 bits per heavy atom. The molecule has 3 rings (SSSR count). The summed E-state index contributed by atoms with van der Waals surface area (Å²) in [5, 5.41) is 10.6. The summed E-state index contributed by atoms with van der Waals surface area (Å²) in [4.78, 5) is 0. The van der Waals surface area contributed by atoms with Gasteiger partial charge in [0.2, 0.25) is 0 Å². The third-order valence-electron chi connectivity index (χ3n) is 4.39. The molecule has 134 valence electrons. The third-order valence-corrected chi connectivity index (χ3v) is 4.39. The van der Waals surface area contributed by atoms with Crippen molar-refractivity contribution >= 4 is 0 Å². The molecule has 1 aliphatic heterocycles. The average Bonchev–Trinajstić information content (AvgIpc) is 3.19. The molecule has 0 bridgehead atoms. The second-order valence-corrected chi connectivity index (χ2v) is 6.06. The Balaban J connectivity index is 1.66. The maximum absolute atomic E-state index is 10.6. The van der Waals surface area contributed by atoms with Gasteiger partial charge in [-0.2, -0.15) is 0 Å². The lowest BCUT2D eigenvalue weighted by Gasteiger charge is -2.15. The number of aliphatic hydroxyl groups is 1. The van der Waals surface area contributed by atoms with Crippen LogP contribution in [0.15, 0.2) is 42.5 Å². The summed E-state index contributed by atoms with van der Waals surface area (Å²) in [5.74, 6) is 1.24. The van der Waals surface area contributed by atoms with Gasteiger partial charge in [-0.3, -0.25) is 0 Å². The molecule has 25 heavy (non-hydrogen) atoms. The van der Waals surface area contributed by atoms with Crippen molar-refractivity contribution in [1.82, 2.24) is 0 Å². The molecule has 0 spiro atoms. The molecule has 0 radical (unpaired) electrons. The first-order valence-corrected chi connectivity index (χ1v) is 8.39. The van der Waals surface area contributed by atoms with Crippen LogP contribution in [-0.4, -0.2) is 38.6 Å². The van der Waals surface area contributed by atoms with E-state index >= 15 is 0 Å². The zero-order valence-electron chi connectivity index (χ0n) is 14.6. The fourth-order valence-corrected chi connectivity index (χ4v) is 2.87. The van der Waals surface area contributed by atoms with Gasteiger partial charge < -0.3 is 24.1 Å². The Kier molecular flexibility index (Phi) is 5.91. The highest BCUT2D eigenvalue weighted by atomic mass is 16.5. The number of benzene rings is 2. The average molecular weight is 344 g/mol. The van der Waals surface area contributed by atoms with Crippen LogP contribution in [0.4, 0.5) is 0 Å².